The van der Waals surface area contributed by atoms with Crippen molar-refractivity contribution >= 4 is 24.4 Å². The third-order valence-corrected chi connectivity index (χ3v) is 2.86. The van der Waals surface area contributed by atoms with Crippen molar-refractivity contribution in [3.05, 3.63) is 0 Å². The van der Waals surface area contributed by atoms with Gasteiger partial charge in [0.2, 0.25) is 11.8 Å². The van der Waals surface area contributed by atoms with Crippen molar-refractivity contribution in [2.45, 2.75) is 12.8 Å². The largest absolute Gasteiger partial charge is 0.355 e. The molecule has 118 valence electrons. The molecular formula is C12H27N5O2S. The Morgan fingerprint density at radius 2 is 1.35 bits per heavy atom. The lowest BCUT2D eigenvalue weighted by molar-refractivity contribution is -0.121. The zero-order chi connectivity index (χ0) is 15.2. The SMILES string of the molecule is NCCNC(=O)CCN(CCS)CCC(=O)NCCN. The molecule has 0 radical (unpaired) electrons. The number of hydrogen-bond donors (Lipinski definition) is 5. The van der Waals surface area contributed by atoms with Crippen LogP contribution < -0.4 is 22.1 Å². The highest BCUT2D eigenvalue weighted by atomic mass is 32.1. The summed E-state index contributed by atoms with van der Waals surface area (Å²) in [5.41, 5.74) is 10.6. The maximum Gasteiger partial charge on any atom is 0.221 e. The predicted octanol–water partition coefficient (Wildman–Crippen LogP) is -1.85. The number of carbonyl (C=O) groups excluding carboxylic acids is 2. The normalized spacial score (nSPS) is 10.6. The molecule has 0 rings (SSSR count). The number of carbonyl (C=O) groups is 2. The van der Waals surface area contributed by atoms with E-state index in [1.165, 1.54) is 0 Å². The predicted molar refractivity (Wildman–Crippen MR) is 83.7 cm³/mol. The van der Waals surface area contributed by atoms with Crippen molar-refractivity contribution in [2.75, 3.05) is 51.6 Å². The van der Waals surface area contributed by atoms with Crippen LogP contribution in [0.4, 0.5) is 0 Å². The van der Waals surface area contributed by atoms with E-state index in [0.717, 1.165) is 6.54 Å². The van der Waals surface area contributed by atoms with Gasteiger partial charge in [0.1, 0.15) is 0 Å². The minimum atomic E-state index is -0.0211. The summed E-state index contributed by atoms with van der Waals surface area (Å²) < 4.78 is 0. The van der Waals surface area contributed by atoms with Gasteiger partial charge in [0, 0.05) is 64.4 Å². The minimum Gasteiger partial charge on any atom is -0.355 e. The summed E-state index contributed by atoms with van der Waals surface area (Å²) in [6, 6.07) is 0. The van der Waals surface area contributed by atoms with Crippen LogP contribution >= 0.6 is 12.6 Å². The first-order chi connectivity index (χ1) is 9.63. The van der Waals surface area contributed by atoms with Crippen LogP contribution in [0, 0.1) is 0 Å². The summed E-state index contributed by atoms with van der Waals surface area (Å²) in [5, 5.41) is 5.44. The molecule has 0 aromatic heterocycles. The molecule has 0 aromatic rings. The number of nitrogens with two attached hydrogens (primary N) is 2. The van der Waals surface area contributed by atoms with Gasteiger partial charge < -0.3 is 27.0 Å². The molecular weight excluding hydrogens is 278 g/mol. The summed E-state index contributed by atoms with van der Waals surface area (Å²) in [5.74, 6) is 0.647. The van der Waals surface area contributed by atoms with Gasteiger partial charge >= 0.3 is 0 Å². The number of amides is 2. The van der Waals surface area contributed by atoms with Crippen molar-refractivity contribution in [3.8, 4) is 0 Å². The first-order valence-corrected chi connectivity index (χ1v) is 7.54. The van der Waals surface area contributed by atoms with Crippen LogP contribution in [-0.2, 0) is 9.59 Å². The van der Waals surface area contributed by atoms with E-state index in [9.17, 15) is 9.59 Å². The number of nitrogens with zero attached hydrogens (tertiary/aromatic N) is 1. The maximum atomic E-state index is 11.5. The van der Waals surface area contributed by atoms with Crippen LogP contribution in [0.1, 0.15) is 12.8 Å². The zero-order valence-electron chi connectivity index (χ0n) is 11.9. The molecule has 0 saturated heterocycles. The van der Waals surface area contributed by atoms with E-state index in [-0.39, 0.29) is 11.8 Å². The van der Waals surface area contributed by atoms with Gasteiger partial charge in [-0.05, 0) is 0 Å². The molecule has 8 heteroatoms. The second-order valence-corrected chi connectivity index (χ2v) is 4.79. The van der Waals surface area contributed by atoms with E-state index in [4.69, 9.17) is 11.5 Å². The van der Waals surface area contributed by atoms with Gasteiger partial charge in [0.25, 0.3) is 0 Å². The number of hydrogen-bond acceptors (Lipinski definition) is 6. The van der Waals surface area contributed by atoms with Gasteiger partial charge in [0.15, 0.2) is 0 Å². The van der Waals surface area contributed by atoms with Crippen molar-refractivity contribution in [2.24, 2.45) is 11.5 Å². The Morgan fingerprint density at radius 1 is 0.900 bits per heavy atom. The highest BCUT2D eigenvalue weighted by molar-refractivity contribution is 7.80. The zero-order valence-corrected chi connectivity index (χ0v) is 12.8. The Hall–Kier alpha value is -0.830. The van der Waals surface area contributed by atoms with Crippen molar-refractivity contribution in [1.82, 2.24) is 15.5 Å². The fourth-order valence-corrected chi connectivity index (χ4v) is 1.88. The highest BCUT2D eigenvalue weighted by Gasteiger charge is 2.09. The first-order valence-electron chi connectivity index (χ1n) is 6.90. The van der Waals surface area contributed by atoms with E-state index in [1.54, 1.807) is 0 Å². The number of rotatable bonds is 12. The molecule has 7 nitrogen and oxygen atoms in total. The van der Waals surface area contributed by atoms with Gasteiger partial charge in [-0.3, -0.25) is 9.59 Å². The summed E-state index contributed by atoms with van der Waals surface area (Å²) in [4.78, 5) is 25.0. The minimum absolute atomic E-state index is 0.0211. The summed E-state index contributed by atoms with van der Waals surface area (Å²) in [6.07, 6.45) is 0.802. The van der Waals surface area contributed by atoms with Crippen LogP contribution in [0.25, 0.3) is 0 Å². The molecule has 0 aliphatic rings. The lowest BCUT2D eigenvalue weighted by atomic mass is 10.3. The van der Waals surface area contributed by atoms with Crippen molar-refractivity contribution < 1.29 is 9.59 Å². The monoisotopic (exact) mass is 305 g/mol. The van der Waals surface area contributed by atoms with E-state index < -0.39 is 0 Å². The van der Waals surface area contributed by atoms with Gasteiger partial charge in [-0.15, -0.1) is 0 Å². The van der Waals surface area contributed by atoms with Crippen LogP contribution in [0.3, 0.4) is 0 Å². The van der Waals surface area contributed by atoms with Gasteiger partial charge in [0.05, 0.1) is 0 Å². The Bertz CT molecular complexity index is 255. The van der Waals surface area contributed by atoms with Crippen LogP contribution in [-0.4, -0.2) is 68.3 Å². The van der Waals surface area contributed by atoms with E-state index in [2.05, 4.69) is 28.2 Å². The fourth-order valence-electron chi connectivity index (χ4n) is 1.60. The summed E-state index contributed by atoms with van der Waals surface area (Å²) >= 11 is 4.19. The Kier molecular flexibility index (Phi) is 12.6. The summed E-state index contributed by atoms with van der Waals surface area (Å²) in [6.45, 7) is 3.83. The quantitative estimate of drug-likeness (QED) is 0.272. The van der Waals surface area contributed by atoms with E-state index in [1.807, 2.05) is 0 Å². The molecule has 0 fully saturated rings. The van der Waals surface area contributed by atoms with Crippen molar-refractivity contribution in [3.63, 3.8) is 0 Å². The maximum absolute atomic E-state index is 11.5. The molecule has 0 aliphatic heterocycles. The standard InChI is InChI=1S/C12H27N5O2S/c13-3-5-15-11(18)1-7-17(9-10-20)8-2-12(19)16-6-4-14/h20H,1-10,13-14H2,(H,15,18)(H,16,19). The molecule has 0 bridgehead atoms. The van der Waals surface area contributed by atoms with E-state index >= 15 is 0 Å². The highest BCUT2D eigenvalue weighted by Crippen LogP contribution is 1.96. The fraction of sp³-hybridized carbons (Fsp3) is 0.833. The molecule has 0 spiro atoms. The number of nitrogens with one attached hydrogen (secondary N) is 2. The molecule has 6 N–H and O–H groups in total. The topological polar surface area (TPSA) is 113 Å². The lowest BCUT2D eigenvalue weighted by Crippen LogP contribution is -2.37. The smallest absolute Gasteiger partial charge is 0.221 e. The van der Waals surface area contributed by atoms with Crippen LogP contribution in [0.15, 0.2) is 0 Å². The Balaban J connectivity index is 3.91. The molecule has 0 heterocycles. The first kappa shape index (κ1) is 19.2. The third kappa shape index (κ3) is 11.0. The Morgan fingerprint density at radius 3 is 1.70 bits per heavy atom. The van der Waals surface area contributed by atoms with E-state index in [0.29, 0.717) is 57.9 Å². The summed E-state index contributed by atoms with van der Waals surface area (Å²) in [7, 11) is 0. The molecule has 0 aromatic carbocycles. The van der Waals surface area contributed by atoms with Crippen LogP contribution in [0.5, 0.6) is 0 Å². The molecule has 0 aliphatic carbocycles. The second-order valence-electron chi connectivity index (χ2n) is 4.34. The number of thiol groups is 1. The molecule has 0 atom stereocenters. The molecule has 2 amide bonds. The Labute approximate surface area is 126 Å². The molecule has 0 saturated carbocycles. The lowest BCUT2D eigenvalue weighted by Gasteiger charge is -2.20. The van der Waals surface area contributed by atoms with Crippen molar-refractivity contribution in [1.29, 1.82) is 0 Å². The van der Waals surface area contributed by atoms with Gasteiger partial charge in [-0.1, -0.05) is 0 Å². The van der Waals surface area contributed by atoms with Gasteiger partial charge in [-0.2, -0.15) is 12.6 Å². The second kappa shape index (κ2) is 13.2. The molecule has 20 heavy (non-hydrogen) atoms. The third-order valence-electron chi connectivity index (χ3n) is 2.66. The average molecular weight is 305 g/mol. The van der Waals surface area contributed by atoms with Crippen LogP contribution in [0.2, 0.25) is 0 Å². The molecule has 0 unspecified atom stereocenters. The van der Waals surface area contributed by atoms with Gasteiger partial charge in [-0.25, -0.2) is 0 Å². The average Bonchev–Trinajstić information content (AvgIpc) is 2.45.